The van der Waals surface area contributed by atoms with E-state index in [1.807, 2.05) is 0 Å². The Kier molecular flexibility index (Phi) is 4.62. The standard InChI is InChI=1S/C14H27N3O/c1-10(2)13(15)9-14(18)16-11-5-7-17-6-3-4-12(17)8-11/h10-13H,3-9,15H2,1-2H3,(H,16,18). The maximum atomic E-state index is 11.9. The van der Waals surface area contributed by atoms with E-state index < -0.39 is 0 Å². The van der Waals surface area contributed by atoms with Gasteiger partial charge in [-0.1, -0.05) is 13.8 Å². The van der Waals surface area contributed by atoms with Gasteiger partial charge in [-0.15, -0.1) is 0 Å². The Morgan fingerprint density at radius 1 is 1.39 bits per heavy atom. The van der Waals surface area contributed by atoms with Crippen LogP contribution >= 0.6 is 0 Å². The summed E-state index contributed by atoms with van der Waals surface area (Å²) in [6.07, 6.45) is 5.31. The molecule has 104 valence electrons. The zero-order chi connectivity index (χ0) is 13.1. The molecule has 4 heteroatoms. The topological polar surface area (TPSA) is 58.4 Å². The molecule has 0 saturated carbocycles. The number of hydrogen-bond acceptors (Lipinski definition) is 3. The molecule has 2 aliphatic rings. The second kappa shape index (κ2) is 6.02. The van der Waals surface area contributed by atoms with Crippen molar-refractivity contribution >= 4 is 5.91 Å². The maximum Gasteiger partial charge on any atom is 0.221 e. The largest absolute Gasteiger partial charge is 0.353 e. The molecule has 3 unspecified atom stereocenters. The molecule has 18 heavy (non-hydrogen) atoms. The number of piperidine rings is 1. The highest BCUT2D eigenvalue weighted by atomic mass is 16.1. The Morgan fingerprint density at radius 2 is 2.17 bits per heavy atom. The lowest BCUT2D eigenvalue weighted by Crippen LogP contribution is -2.48. The van der Waals surface area contributed by atoms with E-state index in [9.17, 15) is 4.79 Å². The van der Waals surface area contributed by atoms with Gasteiger partial charge in [-0.2, -0.15) is 0 Å². The summed E-state index contributed by atoms with van der Waals surface area (Å²) < 4.78 is 0. The van der Waals surface area contributed by atoms with Gasteiger partial charge in [-0.25, -0.2) is 0 Å². The van der Waals surface area contributed by atoms with E-state index in [0.29, 0.717) is 24.4 Å². The van der Waals surface area contributed by atoms with Crippen molar-refractivity contribution in [2.24, 2.45) is 11.7 Å². The van der Waals surface area contributed by atoms with Gasteiger partial charge in [-0.3, -0.25) is 4.79 Å². The van der Waals surface area contributed by atoms with Crippen LogP contribution in [0.15, 0.2) is 0 Å². The third-order valence-electron chi connectivity index (χ3n) is 4.46. The van der Waals surface area contributed by atoms with Crippen LogP contribution in [-0.2, 0) is 4.79 Å². The SMILES string of the molecule is CC(C)C(N)CC(=O)NC1CCN2CCCC2C1. The first-order chi connectivity index (χ1) is 8.56. The molecule has 1 amide bonds. The van der Waals surface area contributed by atoms with Crippen molar-refractivity contribution in [3.63, 3.8) is 0 Å². The number of nitrogens with zero attached hydrogens (tertiary/aromatic N) is 1. The van der Waals surface area contributed by atoms with Crippen LogP contribution in [0, 0.1) is 5.92 Å². The Bertz CT molecular complexity index is 293. The Hall–Kier alpha value is -0.610. The number of fused-ring (bicyclic) bond motifs is 1. The van der Waals surface area contributed by atoms with Crippen LogP contribution in [0.3, 0.4) is 0 Å². The van der Waals surface area contributed by atoms with E-state index in [0.717, 1.165) is 19.4 Å². The van der Waals surface area contributed by atoms with Gasteiger partial charge in [-0.05, 0) is 38.1 Å². The molecule has 2 rings (SSSR count). The number of amides is 1. The molecule has 2 fully saturated rings. The molecule has 3 atom stereocenters. The number of nitrogens with two attached hydrogens (primary N) is 1. The molecule has 0 radical (unpaired) electrons. The number of nitrogens with one attached hydrogen (secondary N) is 1. The molecule has 4 nitrogen and oxygen atoms in total. The van der Waals surface area contributed by atoms with Gasteiger partial charge >= 0.3 is 0 Å². The van der Waals surface area contributed by atoms with E-state index in [-0.39, 0.29) is 11.9 Å². The highest BCUT2D eigenvalue weighted by Crippen LogP contribution is 2.26. The monoisotopic (exact) mass is 253 g/mol. The molecule has 2 heterocycles. The third kappa shape index (κ3) is 3.45. The average molecular weight is 253 g/mol. The fourth-order valence-corrected chi connectivity index (χ4v) is 3.09. The maximum absolute atomic E-state index is 11.9. The van der Waals surface area contributed by atoms with E-state index in [1.165, 1.54) is 19.4 Å². The molecule has 2 saturated heterocycles. The lowest BCUT2D eigenvalue weighted by atomic mass is 9.96. The van der Waals surface area contributed by atoms with Crippen molar-refractivity contribution in [1.29, 1.82) is 0 Å². The highest BCUT2D eigenvalue weighted by Gasteiger charge is 2.32. The van der Waals surface area contributed by atoms with Crippen LogP contribution in [0.4, 0.5) is 0 Å². The summed E-state index contributed by atoms with van der Waals surface area (Å²) >= 11 is 0. The van der Waals surface area contributed by atoms with Crippen molar-refractivity contribution in [3.8, 4) is 0 Å². The van der Waals surface area contributed by atoms with Crippen LogP contribution in [0.25, 0.3) is 0 Å². The Balaban J connectivity index is 1.74. The van der Waals surface area contributed by atoms with Crippen molar-refractivity contribution in [3.05, 3.63) is 0 Å². The van der Waals surface area contributed by atoms with E-state index in [4.69, 9.17) is 5.73 Å². The fraction of sp³-hybridized carbons (Fsp3) is 0.929. The molecule has 0 spiro atoms. The van der Waals surface area contributed by atoms with E-state index >= 15 is 0 Å². The molecule has 0 bridgehead atoms. The summed E-state index contributed by atoms with van der Waals surface area (Å²) in [6.45, 7) is 6.53. The summed E-state index contributed by atoms with van der Waals surface area (Å²) in [5, 5.41) is 3.17. The summed E-state index contributed by atoms with van der Waals surface area (Å²) in [4.78, 5) is 14.5. The van der Waals surface area contributed by atoms with Gasteiger partial charge in [0.15, 0.2) is 0 Å². The van der Waals surface area contributed by atoms with Gasteiger partial charge < -0.3 is 16.0 Å². The minimum Gasteiger partial charge on any atom is -0.353 e. The summed E-state index contributed by atoms with van der Waals surface area (Å²) in [6, 6.07) is 1.07. The smallest absolute Gasteiger partial charge is 0.221 e. The van der Waals surface area contributed by atoms with Crippen LogP contribution < -0.4 is 11.1 Å². The predicted molar refractivity (Wildman–Crippen MR) is 73.2 cm³/mol. The van der Waals surface area contributed by atoms with Crippen LogP contribution in [0.5, 0.6) is 0 Å². The van der Waals surface area contributed by atoms with Gasteiger partial charge in [0, 0.05) is 31.1 Å². The second-order valence-corrected chi connectivity index (χ2v) is 6.23. The third-order valence-corrected chi connectivity index (χ3v) is 4.46. The van der Waals surface area contributed by atoms with Crippen LogP contribution in [-0.4, -0.2) is 42.0 Å². The molecule has 0 aromatic carbocycles. The van der Waals surface area contributed by atoms with Crippen molar-refractivity contribution < 1.29 is 4.79 Å². The molecular formula is C14H27N3O. The number of hydrogen-bond donors (Lipinski definition) is 2. The molecule has 2 aliphatic heterocycles. The molecule has 3 N–H and O–H groups in total. The molecule has 0 aliphatic carbocycles. The molecule has 0 aromatic heterocycles. The summed E-state index contributed by atoms with van der Waals surface area (Å²) in [5.41, 5.74) is 5.94. The average Bonchev–Trinajstić information content (AvgIpc) is 2.75. The normalized spacial score (nSPS) is 30.2. The van der Waals surface area contributed by atoms with E-state index in [1.54, 1.807) is 0 Å². The zero-order valence-electron chi connectivity index (χ0n) is 11.7. The molecule has 0 aromatic rings. The first kappa shape index (κ1) is 13.8. The lowest BCUT2D eigenvalue weighted by Gasteiger charge is -2.35. The van der Waals surface area contributed by atoms with Crippen LogP contribution in [0.2, 0.25) is 0 Å². The second-order valence-electron chi connectivity index (χ2n) is 6.23. The number of rotatable bonds is 4. The summed E-state index contributed by atoms with van der Waals surface area (Å²) in [7, 11) is 0. The minimum absolute atomic E-state index is 0.0171. The first-order valence-corrected chi connectivity index (χ1v) is 7.35. The Labute approximate surface area is 110 Å². The van der Waals surface area contributed by atoms with Crippen LogP contribution in [0.1, 0.15) is 46.0 Å². The van der Waals surface area contributed by atoms with Gasteiger partial charge in [0.05, 0.1) is 0 Å². The molecular weight excluding hydrogens is 226 g/mol. The highest BCUT2D eigenvalue weighted by molar-refractivity contribution is 5.76. The Morgan fingerprint density at radius 3 is 2.89 bits per heavy atom. The van der Waals surface area contributed by atoms with E-state index in [2.05, 4.69) is 24.1 Å². The zero-order valence-corrected chi connectivity index (χ0v) is 11.7. The number of carbonyl (C=O) groups excluding carboxylic acids is 1. The fourth-order valence-electron chi connectivity index (χ4n) is 3.09. The van der Waals surface area contributed by atoms with Gasteiger partial charge in [0.25, 0.3) is 0 Å². The van der Waals surface area contributed by atoms with Gasteiger partial charge in [0.2, 0.25) is 5.91 Å². The summed E-state index contributed by atoms with van der Waals surface area (Å²) in [5.74, 6) is 0.500. The minimum atomic E-state index is -0.0171. The van der Waals surface area contributed by atoms with Crippen molar-refractivity contribution in [2.75, 3.05) is 13.1 Å². The van der Waals surface area contributed by atoms with Crippen molar-refractivity contribution in [2.45, 2.75) is 64.1 Å². The first-order valence-electron chi connectivity index (χ1n) is 7.35. The number of carbonyl (C=O) groups is 1. The van der Waals surface area contributed by atoms with Crippen molar-refractivity contribution in [1.82, 2.24) is 10.2 Å². The quantitative estimate of drug-likeness (QED) is 0.789. The lowest BCUT2D eigenvalue weighted by molar-refractivity contribution is -0.122. The predicted octanol–water partition coefficient (Wildman–Crippen LogP) is 1.10. The van der Waals surface area contributed by atoms with Gasteiger partial charge in [0.1, 0.15) is 0 Å².